The minimum absolute atomic E-state index is 0.0778. The molecule has 1 saturated heterocycles. The number of carbonyl (C=O) groups is 1. The zero-order valence-corrected chi connectivity index (χ0v) is 28.4. The van der Waals surface area contributed by atoms with E-state index in [-0.39, 0.29) is 18.3 Å². The number of ether oxygens (including phenoxy) is 2. The fourth-order valence-corrected chi connectivity index (χ4v) is 7.18. The van der Waals surface area contributed by atoms with E-state index in [1.807, 2.05) is 35.6 Å². The second-order valence-corrected chi connectivity index (χ2v) is 13.5. The highest BCUT2D eigenvalue weighted by molar-refractivity contribution is 7.17. The predicted molar refractivity (Wildman–Crippen MR) is 191 cm³/mol. The molecule has 0 amide bonds. The average Bonchev–Trinajstić information content (AvgIpc) is 3.57. The number of aromatic nitrogens is 1. The second kappa shape index (κ2) is 18.1. The molecule has 2 aromatic heterocycles. The van der Waals surface area contributed by atoms with Gasteiger partial charge in [0.15, 0.2) is 6.73 Å². The Hall–Kier alpha value is -3.36. The SMILES string of the molecule is CCCCCCCCCCCC(=O)OCn1c(=O)ccc2ccc(OCCCCN3CCN(c4cccc5sccc45)CC3)cc21. The Kier molecular flexibility index (Phi) is 13.4. The normalized spacial score (nSPS) is 13.9. The lowest BCUT2D eigenvalue weighted by molar-refractivity contribution is -0.147. The number of carbonyl (C=O) groups excluding carboxylic acids is 1. The van der Waals surface area contributed by atoms with Gasteiger partial charge in [-0.05, 0) is 73.0 Å². The zero-order chi connectivity index (χ0) is 32.0. The van der Waals surface area contributed by atoms with Gasteiger partial charge >= 0.3 is 5.97 Å². The number of thiophene rings is 1. The standard InChI is InChI=1S/C38H51N3O4S/c1-2-3-4-5-6-7-8-9-10-16-38(43)45-30-41-35-29-32(19-17-31(35)18-20-37(41)42)44-27-12-11-22-39-23-25-40(26-24-39)34-14-13-15-36-33(34)21-28-46-36/h13-15,17-21,28-29H,2-12,16,22-27,30H2,1H3. The van der Waals surface area contributed by atoms with Crippen molar-refractivity contribution < 1.29 is 14.3 Å². The summed E-state index contributed by atoms with van der Waals surface area (Å²) in [6, 6.07) is 18.0. The number of hydrogen-bond acceptors (Lipinski definition) is 7. The Bertz CT molecular complexity index is 1570. The van der Waals surface area contributed by atoms with Crippen LogP contribution in [0.5, 0.6) is 5.75 Å². The molecule has 46 heavy (non-hydrogen) atoms. The van der Waals surface area contributed by atoms with E-state index in [1.165, 1.54) is 64.9 Å². The Morgan fingerprint density at radius 1 is 0.826 bits per heavy atom. The highest BCUT2D eigenvalue weighted by Crippen LogP contribution is 2.31. The molecule has 248 valence electrons. The second-order valence-electron chi connectivity index (χ2n) is 12.5. The van der Waals surface area contributed by atoms with Gasteiger partial charge in [0.25, 0.3) is 5.56 Å². The van der Waals surface area contributed by atoms with E-state index >= 15 is 0 Å². The summed E-state index contributed by atoms with van der Waals surface area (Å²) in [4.78, 5) is 30.2. The number of anilines is 1. The number of fused-ring (bicyclic) bond motifs is 2. The predicted octanol–water partition coefficient (Wildman–Crippen LogP) is 8.62. The number of rotatable bonds is 19. The summed E-state index contributed by atoms with van der Waals surface area (Å²) in [5, 5.41) is 4.46. The third-order valence-corrected chi connectivity index (χ3v) is 10.0. The van der Waals surface area contributed by atoms with Crippen LogP contribution in [0.3, 0.4) is 0 Å². The van der Waals surface area contributed by atoms with Crippen LogP contribution in [-0.2, 0) is 16.3 Å². The van der Waals surface area contributed by atoms with Crippen molar-refractivity contribution in [3.63, 3.8) is 0 Å². The third kappa shape index (κ3) is 9.82. The molecule has 1 aliphatic heterocycles. The zero-order valence-electron chi connectivity index (χ0n) is 27.6. The smallest absolute Gasteiger partial charge is 0.307 e. The van der Waals surface area contributed by atoms with Crippen molar-refractivity contribution in [2.45, 2.75) is 90.7 Å². The number of benzene rings is 2. The molecular formula is C38H51N3O4S. The molecule has 0 N–H and O–H groups in total. The van der Waals surface area contributed by atoms with Crippen molar-refractivity contribution in [1.82, 2.24) is 9.47 Å². The monoisotopic (exact) mass is 645 g/mol. The van der Waals surface area contributed by atoms with E-state index in [2.05, 4.69) is 46.4 Å². The van der Waals surface area contributed by atoms with Crippen LogP contribution in [0.25, 0.3) is 21.0 Å². The van der Waals surface area contributed by atoms with Gasteiger partial charge in [-0.1, -0.05) is 64.4 Å². The van der Waals surface area contributed by atoms with Gasteiger partial charge < -0.3 is 14.4 Å². The molecule has 0 aliphatic carbocycles. The van der Waals surface area contributed by atoms with Crippen molar-refractivity contribution in [2.24, 2.45) is 0 Å². The van der Waals surface area contributed by atoms with Gasteiger partial charge in [-0.3, -0.25) is 19.1 Å². The maximum Gasteiger partial charge on any atom is 0.307 e. The molecule has 8 heteroatoms. The fourth-order valence-electron chi connectivity index (χ4n) is 6.37. The summed E-state index contributed by atoms with van der Waals surface area (Å²) in [5.74, 6) is 0.476. The largest absolute Gasteiger partial charge is 0.494 e. The van der Waals surface area contributed by atoms with E-state index in [4.69, 9.17) is 9.47 Å². The van der Waals surface area contributed by atoms with Crippen LogP contribution in [0.1, 0.15) is 84.0 Å². The number of piperazine rings is 1. The topological polar surface area (TPSA) is 64.0 Å². The molecule has 0 atom stereocenters. The Balaban J connectivity index is 1.00. The van der Waals surface area contributed by atoms with Gasteiger partial charge in [-0.2, -0.15) is 0 Å². The lowest BCUT2D eigenvalue weighted by Gasteiger charge is -2.36. The molecule has 2 aromatic carbocycles. The van der Waals surface area contributed by atoms with Gasteiger partial charge in [0.1, 0.15) is 5.75 Å². The summed E-state index contributed by atoms with van der Waals surface area (Å²) in [6.45, 7) is 8.11. The quantitative estimate of drug-likeness (QED) is 0.0752. The first-order chi connectivity index (χ1) is 22.6. The molecule has 3 heterocycles. The van der Waals surface area contributed by atoms with Crippen molar-refractivity contribution in [1.29, 1.82) is 0 Å². The van der Waals surface area contributed by atoms with Gasteiger partial charge in [0, 0.05) is 60.5 Å². The summed E-state index contributed by atoms with van der Waals surface area (Å²) in [7, 11) is 0. The third-order valence-electron chi connectivity index (χ3n) is 9.13. The number of unbranched alkanes of at least 4 members (excludes halogenated alkanes) is 9. The molecule has 5 rings (SSSR count). The van der Waals surface area contributed by atoms with Gasteiger partial charge in [0.05, 0.1) is 12.1 Å². The summed E-state index contributed by atoms with van der Waals surface area (Å²) >= 11 is 1.81. The van der Waals surface area contributed by atoms with Gasteiger partial charge in [-0.15, -0.1) is 11.3 Å². The molecule has 7 nitrogen and oxygen atoms in total. The molecule has 0 spiro atoms. The average molecular weight is 646 g/mol. The van der Waals surface area contributed by atoms with E-state index in [0.717, 1.165) is 81.5 Å². The highest BCUT2D eigenvalue weighted by atomic mass is 32.1. The van der Waals surface area contributed by atoms with Crippen molar-refractivity contribution >= 4 is 44.0 Å². The van der Waals surface area contributed by atoms with Crippen LogP contribution in [0, 0.1) is 0 Å². The van der Waals surface area contributed by atoms with E-state index < -0.39 is 0 Å². The summed E-state index contributed by atoms with van der Waals surface area (Å²) in [5.41, 5.74) is 1.89. The molecule has 4 aromatic rings. The summed E-state index contributed by atoms with van der Waals surface area (Å²) in [6.07, 6.45) is 13.2. The minimum Gasteiger partial charge on any atom is -0.494 e. The molecule has 0 radical (unpaired) electrons. The molecule has 0 bridgehead atoms. The first-order valence-electron chi connectivity index (χ1n) is 17.5. The van der Waals surface area contributed by atoms with Crippen molar-refractivity contribution in [3.05, 3.63) is 70.3 Å². The highest BCUT2D eigenvalue weighted by Gasteiger charge is 2.18. The van der Waals surface area contributed by atoms with Crippen molar-refractivity contribution in [3.8, 4) is 5.75 Å². The lowest BCUT2D eigenvalue weighted by atomic mass is 10.1. The minimum atomic E-state index is -0.250. The van der Waals surface area contributed by atoms with Crippen LogP contribution < -0.4 is 15.2 Å². The fraction of sp³-hybridized carbons (Fsp3) is 0.526. The molecule has 1 aliphatic rings. The molecule has 0 saturated carbocycles. The molecular weight excluding hydrogens is 595 g/mol. The van der Waals surface area contributed by atoms with Gasteiger partial charge in [-0.25, -0.2) is 0 Å². The van der Waals surface area contributed by atoms with Gasteiger partial charge in [0.2, 0.25) is 0 Å². The lowest BCUT2D eigenvalue weighted by Crippen LogP contribution is -2.46. The van der Waals surface area contributed by atoms with Crippen LogP contribution in [0.4, 0.5) is 5.69 Å². The van der Waals surface area contributed by atoms with Crippen LogP contribution in [0.2, 0.25) is 0 Å². The van der Waals surface area contributed by atoms with Crippen LogP contribution >= 0.6 is 11.3 Å². The number of nitrogens with zero attached hydrogens (tertiary/aromatic N) is 3. The Labute approximate surface area is 278 Å². The number of pyridine rings is 1. The molecule has 0 unspecified atom stereocenters. The first-order valence-corrected chi connectivity index (χ1v) is 18.4. The van der Waals surface area contributed by atoms with Crippen LogP contribution in [0.15, 0.2) is 64.8 Å². The Morgan fingerprint density at radius 2 is 1.59 bits per heavy atom. The van der Waals surface area contributed by atoms with E-state index in [1.54, 1.807) is 0 Å². The number of hydrogen-bond donors (Lipinski definition) is 0. The maximum atomic E-state index is 12.7. The molecule has 1 fully saturated rings. The van der Waals surface area contributed by atoms with Crippen molar-refractivity contribution in [2.75, 3.05) is 44.2 Å². The number of esters is 1. The van der Waals surface area contributed by atoms with E-state index in [0.29, 0.717) is 13.0 Å². The summed E-state index contributed by atoms with van der Waals surface area (Å²) < 4.78 is 14.5. The first kappa shape index (κ1) is 34.0. The van der Waals surface area contributed by atoms with E-state index in [9.17, 15) is 9.59 Å². The maximum absolute atomic E-state index is 12.7. The van der Waals surface area contributed by atoms with Crippen LogP contribution in [-0.4, -0.2) is 54.8 Å². The Morgan fingerprint density at radius 3 is 2.39 bits per heavy atom.